The van der Waals surface area contributed by atoms with E-state index >= 15 is 0 Å². The summed E-state index contributed by atoms with van der Waals surface area (Å²) < 4.78 is 9.97. The number of hydrogen-bond acceptors (Lipinski definition) is 6. The van der Waals surface area contributed by atoms with Crippen LogP contribution in [0.1, 0.15) is 49.4 Å². The van der Waals surface area contributed by atoms with E-state index < -0.39 is 23.6 Å². The smallest absolute Gasteiger partial charge is 0.355 e. The third-order valence-corrected chi connectivity index (χ3v) is 3.35. The molecule has 7 heteroatoms. The van der Waals surface area contributed by atoms with E-state index in [4.69, 9.17) is 9.47 Å². The van der Waals surface area contributed by atoms with Crippen LogP contribution >= 0.6 is 0 Å². The first kappa shape index (κ1) is 17.3. The first-order chi connectivity index (χ1) is 11.5. The standard InChI is InChI=1S/C17H17NO6/c1-3-23-16(21)12-10(2)13(18-14(12)15(19)20)17(22)24-9-11-7-5-4-6-8-11/h4-8,18H,3,9H2,1-2H3,(H,19,20)/p-1. The van der Waals surface area contributed by atoms with Crippen molar-refractivity contribution in [2.24, 2.45) is 0 Å². The minimum Gasteiger partial charge on any atom is -0.543 e. The van der Waals surface area contributed by atoms with Crippen molar-refractivity contribution in [1.82, 2.24) is 4.98 Å². The van der Waals surface area contributed by atoms with Gasteiger partial charge in [0.05, 0.1) is 23.8 Å². The minimum absolute atomic E-state index is 0.0214. The summed E-state index contributed by atoms with van der Waals surface area (Å²) in [6, 6.07) is 9.00. The monoisotopic (exact) mass is 330 g/mol. The number of hydrogen-bond donors (Lipinski definition) is 1. The summed E-state index contributed by atoms with van der Waals surface area (Å²) in [5.41, 5.74) is 0.0702. The zero-order valence-corrected chi connectivity index (χ0v) is 13.3. The Hall–Kier alpha value is -3.09. The van der Waals surface area contributed by atoms with Crippen LogP contribution in [0, 0.1) is 6.92 Å². The van der Waals surface area contributed by atoms with Crippen LogP contribution in [0.25, 0.3) is 0 Å². The maximum atomic E-state index is 12.2. The number of carboxylic acids is 1. The van der Waals surface area contributed by atoms with Gasteiger partial charge in [-0.05, 0) is 25.0 Å². The van der Waals surface area contributed by atoms with Gasteiger partial charge in [-0.1, -0.05) is 30.3 Å². The predicted octanol–water partition coefficient (Wildman–Crippen LogP) is 1.22. The molecular formula is C17H16NO6-. The molecule has 2 rings (SSSR count). The number of aromatic carboxylic acids is 1. The second kappa shape index (κ2) is 7.45. The molecule has 24 heavy (non-hydrogen) atoms. The highest BCUT2D eigenvalue weighted by Gasteiger charge is 2.26. The molecule has 0 saturated heterocycles. The lowest BCUT2D eigenvalue weighted by Gasteiger charge is -2.05. The van der Waals surface area contributed by atoms with E-state index in [9.17, 15) is 19.5 Å². The normalized spacial score (nSPS) is 10.2. The molecule has 0 bridgehead atoms. The van der Waals surface area contributed by atoms with E-state index in [1.54, 1.807) is 31.2 Å². The summed E-state index contributed by atoms with van der Waals surface area (Å²) in [6.45, 7) is 3.12. The molecule has 0 amide bonds. The number of aromatic amines is 1. The van der Waals surface area contributed by atoms with Crippen LogP contribution in [-0.2, 0) is 16.1 Å². The molecular weight excluding hydrogens is 314 g/mol. The quantitative estimate of drug-likeness (QED) is 0.798. The van der Waals surface area contributed by atoms with Crippen molar-refractivity contribution in [3.05, 3.63) is 58.4 Å². The van der Waals surface area contributed by atoms with Crippen molar-refractivity contribution in [3.63, 3.8) is 0 Å². The first-order valence-corrected chi connectivity index (χ1v) is 7.27. The molecule has 126 valence electrons. The fourth-order valence-corrected chi connectivity index (χ4v) is 2.20. The van der Waals surface area contributed by atoms with Crippen molar-refractivity contribution in [2.75, 3.05) is 6.61 Å². The second-order valence-corrected chi connectivity index (χ2v) is 4.94. The molecule has 1 aromatic heterocycles. The van der Waals surface area contributed by atoms with E-state index in [1.165, 1.54) is 6.92 Å². The van der Waals surface area contributed by atoms with Gasteiger partial charge >= 0.3 is 11.9 Å². The highest BCUT2D eigenvalue weighted by Crippen LogP contribution is 2.20. The van der Waals surface area contributed by atoms with Crippen LogP contribution in [0.3, 0.4) is 0 Å². The Labute approximate surface area is 138 Å². The molecule has 0 aliphatic rings. The van der Waals surface area contributed by atoms with Gasteiger partial charge in [0.15, 0.2) is 0 Å². The van der Waals surface area contributed by atoms with Crippen LogP contribution in [-0.4, -0.2) is 29.5 Å². The molecule has 0 atom stereocenters. The fourth-order valence-electron chi connectivity index (χ4n) is 2.20. The van der Waals surface area contributed by atoms with Gasteiger partial charge in [-0.2, -0.15) is 0 Å². The topological polar surface area (TPSA) is 109 Å². The molecule has 0 aliphatic heterocycles. The molecule has 0 saturated carbocycles. The van der Waals surface area contributed by atoms with Crippen molar-refractivity contribution in [3.8, 4) is 0 Å². The summed E-state index contributed by atoms with van der Waals surface area (Å²) in [4.78, 5) is 37.7. The van der Waals surface area contributed by atoms with Crippen LogP contribution in [0.2, 0.25) is 0 Å². The number of esters is 2. The molecule has 0 aliphatic carbocycles. The van der Waals surface area contributed by atoms with E-state index in [1.807, 2.05) is 6.07 Å². The summed E-state index contributed by atoms with van der Waals surface area (Å²) in [5.74, 6) is -3.22. The summed E-state index contributed by atoms with van der Waals surface area (Å²) in [5, 5.41) is 11.2. The van der Waals surface area contributed by atoms with Crippen molar-refractivity contribution in [2.45, 2.75) is 20.5 Å². The number of carboxylic acid groups (broad SMARTS) is 1. The van der Waals surface area contributed by atoms with Gasteiger partial charge in [0, 0.05) is 0 Å². The van der Waals surface area contributed by atoms with E-state index in [-0.39, 0.29) is 30.0 Å². The van der Waals surface area contributed by atoms with E-state index in [2.05, 4.69) is 4.98 Å². The lowest BCUT2D eigenvalue weighted by molar-refractivity contribution is -0.255. The number of rotatable bonds is 6. The highest BCUT2D eigenvalue weighted by atomic mass is 16.5. The Morgan fingerprint density at radius 2 is 1.71 bits per heavy atom. The molecule has 0 spiro atoms. The summed E-state index contributed by atoms with van der Waals surface area (Å²) in [7, 11) is 0. The van der Waals surface area contributed by atoms with Crippen molar-refractivity contribution < 1.29 is 29.0 Å². The Bertz CT molecular complexity index is 763. The molecule has 1 N–H and O–H groups in total. The van der Waals surface area contributed by atoms with E-state index in [0.717, 1.165) is 5.56 Å². The fraction of sp³-hybridized carbons (Fsp3) is 0.235. The predicted molar refractivity (Wildman–Crippen MR) is 81.4 cm³/mol. The maximum absolute atomic E-state index is 12.2. The van der Waals surface area contributed by atoms with Gasteiger partial charge in [0.1, 0.15) is 12.3 Å². The SMILES string of the molecule is CCOC(=O)c1c(C(=O)[O-])[nH]c(C(=O)OCc2ccccc2)c1C. The molecule has 1 heterocycles. The third-order valence-electron chi connectivity index (χ3n) is 3.35. The van der Waals surface area contributed by atoms with Gasteiger partial charge in [-0.3, -0.25) is 0 Å². The van der Waals surface area contributed by atoms with Crippen LogP contribution in [0.5, 0.6) is 0 Å². The number of benzene rings is 1. The third kappa shape index (κ3) is 3.62. The lowest BCUT2D eigenvalue weighted by atomic mass is 10.1. The zero-order chi connectivity index (χ0) is 17.7. The van der Waals surface area contributed by atoms with Gasteiger partial charge in [-0.15, -0.1) is 0 Å². The molecule has 1 aromatic carbocycles. The average Bonchev–Trinajstić information content (AvgIpc) is 2.91. The molecule has 0 fully saturated rings. The number of nitrogens with one attached hydrogen (secondary N) is 1. The van der Waals surface area contributed by atoms with Gasteiger partial charge in [-0.25, -0.2) is 9.59 Å². The number of carbonyl (C=O) groups is 3. The van der Waals surface area contributed by atoms with Crippen LogP contribution in [0.4, 0.5) is 0 Å². The number of ether oxygens (including phenoxy) is 2. The Morgan fingerprint density at radius 1 is 1.04 bits per heavy atom. The molecule has 2 aromatic rings. The minimum atomic E-state index is -1.61. The molecule has 0 unspecified atom stereocenters. The van der Waals surface area contributed by atoms with Crippen molar-refractivity contribution in [1.29, 1.82) is 0 Å². The van der Waals surface area contributed by atoms with Gasteiger partial charge in [0.2, 0.25) is 0 Å². The van der Waals surface area contributed by atoms with Crippen molar-refractivity contribution >= 4 is 17.9 Å². The number of H-pyrrole nitrogens is 1. The maximum Gasteiger partial charge on any atom is 0.355 e. The number of aromatic nitrogens is 1. The van der Waals surface area contributed by atoms with Gasteiger partial charge < -0.3 is 24.4 Å². The second-order valence-electron chi connectivity index (χ2n) is 4.94. The molecule has 0 radical (unpaired) electrons. The zero-order valence-electron chi connectivity index (χ0n) is 13.3. The highest BCUT2D eigenvalue weighted by molar-refractivity contribution is 6.05. The Morgan fingerprint density at radius 3 is 2.29 bits per heavy atom. The van der Waals surface area contributed by atoms with Crippen LogP contribution < -0.4 is 5.11 Å². The summed E-state index contributed by atoms with van der Waals surface area (Å²) >= 11 is 0. The average molecular weight is 330 g/mol. The largest absolute Gasteiger partial charge is 0.543 e. The van der Waals surface area contributed by atoms with E-state index in [0.29, 0.717) is 0 Å². The van der Waals surface area contributed by atoms with Gasteiger partial charge in [0.25, 0.3) is 0 Å². The Kier molecular flexibility index (Phi) is 5.36. The van der Waals surface area contributed by atoms with Crippen LogP contribution in [0.15, 0.2) is 30.3 Å². The lowest BCUT2D eigenvalue weighted by Crippen LogP contribution is -2.25. The first-order valence-electron chi connectivity index (χ1n) is 7.27. The summed E-state index contributed by atoms with van der Waals surface area (Å²) in [6.07, 6.45) is 0. The Balaban J connectivity index is 2.26. The number of carbonyl (C=O) groups excluding carboxylic acids is 3. The molecule has 7 nitrogen and oxygen atoms in total.